The lowest BCUT2D eigenvalue weighted by molar-refractivity contribution is 0.0103. The molecule has 98 valence electrons. The lowest BCUT2D eigenvalue weighted by Gasteiger charge is -2.28. The summed E-state index contributed by atoms with van der Waals surface area (Å²) >= 11 is 0. The van der Waals surface area contributed by atoms with Gasteiger partial charge in [0.05, 0.1) is 12.7 Å². The fourth-order valence-electron chi connectivity index (χ4n) is 2.14. The molecule has 2 rings (SSSR count). The van der Waals surface area contributed by atoms with Gasteiger partial charge in [-0.3, -0.25) is 4.79 Å². The predicted molar refractivity (Wildman–Crippen MR) is 70.7 cm³/mol. The van der Waals surface area contributed by atoms with Gasteiger partial charge in [-0.25, -0.2) is 0 Å². The molecule has 0 aromatic heterocycles. The zero-order valence-electron chi connectivity index (χ0n) is 11.0. The van der Waals surface area contributed by atoms with Gasteiger partial charge in [0.15, 0.2) is 0 Å². The van der Waals surface area contributed by atoms with Crippen LogP contribution in [0.15, 0.2) is 24.3 Å². The van der Waals surface area contributed by atoms with Crippen LogP contribution in [0.4, 0.5) is 0 Å². The average molecular weight is 248 g/mol. The van der Waals surface area contributed by atoms with Crippen molar-refractivity contribution < 1.29 is 9.53 Å². The number of aryl methyl sites for hydroxylation is 1. The molecule has 1 unspecified atom stereocenters. The molecule has 1 heterocycles. The smallest absolute Gasteiger partial charge is 0.253 e. The summed E-state index contributed by atoms with van der Waals surface area (Å²) < 4.78 is 5.61. The van der Waals surface area contributed by atoms with Crippen molar-refractivity contribution in [3.8, 4) is 0 Å². The van der Waals surface area contributed by atoms with Crippen molar-refractivity contribution in [3.05, 3.63) is 35.4 Å². The van der Waals surface area contributed by atoms with Gasteiger partial charge < -0.3 is 15.0 Å². The highest BCUT2D eigenvalue weighted by atomic mass is 16.5. The minimum absolute atomic E-state index is 0.0577. The van der Waals surface area contributed by atoms with Crippen LogP contribution in [0.5, 0.6) is 0 Å². The van der Waals surface area contributed by atoms with E-state index in [2.05, 4.69) is 5.32 Å². The topological polar surface area (TPSA) is 41.6 Å². The Morgan fingerprint density at radius 1 is 1.50 bits per heavy atom. The number of rotatable bonds is 3. The van der Waals surface area contributed by atoms with Crippen LogP contribution in [0.25, 0.3) is 0 Å². The number of nitrogens with zero attached hydrogens (tertiary/aromatic N) is 1. The van der Waals surface area contributed by atoms with Gasteiger partial charge in [0.1, 0.15) is 0 Å². The van der Waals surface area contributed by atoms with E-state index in [9.17, 15) is 4.79 Å². The van der Waals surface area contributed by atoms with E-state index in [1.807, 2.05) is 38.2 Å². The van der Waals surface area contributed by atoms with Gasteiger partial charge in [-0.05, 0) is 18.6 Å². The van der Waals surface area contributed by atoms with Crippen LogP contribution >= 0.6 is 0 Å². The maximum atomic E-state index is 12.3. The monoisotopic (exact) mass is 248 g/mol. The van der Waals surface area contributed by atoms with Crippen molar-refractivity contribution in [2.75, 3.05) is 33.3 Å². The number of amides is 1. The molecule has 1 saturated heterocycles. The normalized spacial score (nSPS) is 19.6. The second-order valence-electron chi connectivity index (χ2n) is 4.70. The Kier molecular flexibility index (Phi) is 4.33. The Morgan fingerprint density at radius 3 is 2.94 bits per heavy atom. The van der Waals surface area contributed by atoms with E-state index in [4.69, 9.17) is 4.74 Å². The lowest BCUT2D eigenvalue weighted by Crippen LogP contribution is -2.45. The molecule has 1 aromatic rings. The van der Waals surface area contributed by atoms with Gasteiger partial charge in [0.2, 0.25) is 0 Å². The van der Waals surface area contributed by atoms with Crippen LogP contribution in [-0.2, 0) is 4.74 Å². The molecule has 0 saturated carbocycles. The maximum absolute atomic E-state index is 12.3. The Morgan fingerprint density at radius 2 is 2.28 bits per heavy atom. The number of morpholine rings is 1. The average Bonchev–Trinajstić information content (AvgIpc) is 2.39. The van der Waals surface area contributed by atoms with E-state index < -0.39 is 0 Å². The molecule has 4 heteroatoms. The Bertz CT molecular complexity index is 414. The first kappa shape index (κ1) is 13.1. The SMILES string of the molecule is Cc1ccccc1C(=O)N(C)CC1CNCCO1. The number of benzene rings is 1. The molecule has 18 heavy (non-hydrogen) atoms. The van der Waals surface area contributed by atoms with Crippen molar-refractivity contribution in [3.63, 3.8) is 0 Å². The molecule has 4 nitrogen and oxygen atoms in total. The highest BCUT2D eigenvalue weighted by Gasteiger charge is 2.20. The molecule has 0 bridgehead atoms. The predicted octanol–water partition coefficient (Wildman–Crippen LogP) is 1.06. The first-order valence-electron chi connectivity index (χ1n) is 6.32. The standard InChI is InChI=1S/C14H20N2O2/c1-11-5-3-4-6-13(11)14(17)16(2)10-12-9-15-7-8-18-12/h3-6,12,15H,7-10H2,1-2H3. The van der Waals surface area contributed by atoms with E-state index in [-0.39, 0.29) is 12.0 Å². The third-order valence-electron chi connectivity index (χ3n) is 3.20. The molecule has 1 aromatic carbocycles. The van der Waals surface area contributed by atoms with Crippen molar-refractivity contribution in [2.45, 2.75) is 13.0 Å². The van der Waals surface area contributed by atoms with E-state index >= 15 is 0 Å². The minimum atomic E-state index is 0.0577. The molecule has 1 aliphatic rings. The number of nitrogens with one attached hydrogen (secondary N) is 1. The summed E-state index contributed by atoms with van der Waals surface area (Å²) in [5, 5.41) is 3.27. The van der Waals surface area contributed by atoms with Crippen molar-refractivity contribution in [1.29, 1.82) is 0 Å². The molecule has 0 spiro atoms. The number of hydrogen-bond donors (Lipinski definition) is 1. The van der Waals surface area contributed by atoms with Gasteiger partial charge in [0, 0.05) is 32.2 Å². The highest BCUT2D eigenvalue weighted by molar-refractivity contribution is 5.95. The van der Waals surface area contributed by atoms with E-state index in [0.717, 1.165) is 30.8 Å². The number of ether oxygens (including phenoxy) is 1. The van der Waals surface area contributed by atoms with Gasteiger partial charge in [-0.2, -0.15) is 0 Å². The second-order valence-corrected chi connectivity index (χ2v) is 4.70. The third kappa shape index (κ3) is 3.09. The summed E-state index contributed by atoms with van der Waals surface area (Å²) in [6, 6.07) is 7.67. The fraction of sp³-hybridized carbons (Fsp3) is 0.500. The van der Waals surface area contributed by atoms with E-state index in [1.54, 1.807) is 4.90 Å². The Labute approximate surface area is 108 Å². The van der Waals surface area contributed by atoms with Gasteiger partial charge in [0.25, 0.3) is 5.91 Å². The zero-order chi connectivity index (χ0) is 13.0. The molecule has 0 aliphatic carbocycles. The molecular formula is C14H20N2O2. The van der Waals surface area contributed by atoms with Gasteiger partial charge in [-0.1, -0.05) is 18.2 Å². The number of likely N-dealkylation sites (N-methyl/N-ethyl adjacent to an activating group) is 1. The van der Waals surface area contributed by atoms with Gasteiger partial charge >= 0.3 is 0 Å². The second kappa shape index (κ2) is 5.98. The molecular weight excluding hydrogens is 228 g/mol. The van der Waals surface area contributed by atoms with Crippen LogP contribution in [0.3, 0.4) is 0 Å². The Hall–Kier alpha value is -1.39. The first-order valence-corrected chi connectivity index (χ1v) is 6.32. The third-order valence-corrected chi connectivity index (χ3v) is 3.20. The van der Waals surface area contributed by atoms with Crippen LogP contribution in [0.1, 0.15) is 15.9 Å². The van der Waals surface area contributed by atoms with E-state index in [0.29, 0.717) is 6.54 Å². The number of carbonyl (C=O) groups is 1. The zero-order valence-corrected chi connectivity index (χ0v) is 11.0. The molecule has 1 atom stereocenters. The van der Waals surface area contributed by atoms with Crippen LogP contribution in [0, 0.1) is 6.92 Å². The molecule has 1 N–H and O–H groups in total. The van der Waals surface area contributed by atoms with Crippen molar-refractivity contribution >= 4 is 5.91 Å². The van der Waals surface area contributed by atoms with Crippen molar-refractivity contribution in [1.82, 2.24) is 10.2 Å². The quantitative estimate of drug-likeness (QED) is 0.869. The lowest BCUT2D eigenvalue weighted by atomic mass is 10.1. The van der Waals surface area contributed by atoms with Crippen LogP contribution < -0.4 is 5.32 Å². The summed E-state index contributed by atoms with van der Waals surface area (Å²) in [7, 11) is 1.83. The molecule has 1 fully saturated rings. The number of carbonyl (C=O) groups excluding carboxylic acids is 1. The van der Waals surface area contributed by atoms with Crippen LogP contribution in [-0.4, -0.2) is 50.2 Å². The number of hydrogen-bond acceptors (Lipinski definition) is 3. The fourth-order valence-corrected chi connectivity index (χ4v) is 2.14. The van der Waals surface area contributed by atoms with Crippen LogP contribution in [0.2, 0.25) is 0 Å². The summed E-state index contributed by atoms with van der Waals surface area (Å²) in [5.41, 5.74) is 1.78. The first-order chi connectivity index (χ1) is 8.68. The van der Waals surface area contributed by atoms with Gasteiger partial charge in [-0.15, -0.1) is 0 Å². The van der Waals surface area contributed by atoms with Crippen molar-refractivity contribution in [2.24, 2.45) is 0 Å². The summed E-state index contributed by atoms with van der Waals surface area (Å²) in [4.78, 5) is 14.0. The summed E-state index contributed by atoms with van der Waals surface area (Å²) in [6.45, 7) is 5.01. The molecule has 1 aliphatic heterocycles. The molecule has 1 amide bonds. The maximum Gasteiger partial charge on any atom is 0.253 e. The Balaban J connectivity index is 1.98. The summed E-state index contributed by atoms with van der Waals surface area (Å²) in [6.07, 6.45) is 0.0942. The highest BCUT2D eigenvalue weighted by Crippen LogP contribution is 2.10. The minimum Gasteiger partial charge on any atom is -0.374 e. The largest absolute Gasteiger partial charge is 0.374 e. The molecule has 0 radical (unpaired) electrons. The summed E-state index contributed by atoms with van der Waals surface area (Å²) in [5.74, 6) is 0.0577. The van der Waals surface area contributed by atoms with E-state index in [1.165, 1.54) is 0 Å².